The molecule has 0 fully saturated rings. The van der Waals surface area contributed by atoms with Crippen molar-refractivity contribution < 1.29 is 18.3 Å². The van der Waals surface area contributed by atoms with E-state index < -0.39 is 11.5 Å². The minimum Gasteiger partial charge on any atom is -0.493 e. The van der Waals surface area contributed by atoms with Crippen LogP contribution in [-0.2, 0) is 12.3 Å². The van der Waals surface area contributed by atoms with Crippen LogP contribution in [0.3, 0.4) is 0 Å². The Morgan fingerprint density at radius 2 is 1.68 bits per heavy atom. The summed E-state index contributed by atoms with van der Waals surface area (Å²) in [6.07, 6.45) is 0.469. The van der Waals surface area contributed by atoms with E-state index in [0.717, 1.165) is 6.92 Å². The molecule has 19 heavy (non-hydrogen) atoms. The van der Waals surface area contributed by atoms with E-state index in [9.17, 15) is 8.78 Å². The largest absolute Gasteiger partial charge is 0.493 e. The standard InChI is InChI=1S/C14H21F2NO2/c1-13(2,17)8-9-6-10(14(3,15)16)12(19-5)11(7-9)18-4/h6-7H,8,17H2,1-5H3. The van der Waals surface area contributed by atoms with Gasteiger partial charge < -0.3 is 15.2 Å². The Bertz CT molecular complexity index is 448. The van der Waals surface area contributed by atoms with E-state index in [1.54, 1.807) is 6.07 Å². The molecule has 2 N–H and O–H groups in total. The van der Waals surface area contributed by atoms with Crippen molar-refractivity contribution in [2.24, 2.45) is 5.73 Å². The van der Waals surface area contributed by atoms with Gasteiger partial charge >= 0.3 is 0 Å². The average molecular weight is 273 g/mol. The smallest absolute Gasteiger partial charge is 0.274 e. The number of ether oxygens (including phenoxy) is 2. The number of nitrogens with two attached hydrogens (primary N) is 1. The van der Waals surface area contributed by atoms with Crippen LogP contribution in [0.15, 0.2) is 12.1 Å². The normalized spacial score (nSPS) is 12.4. The Morgan fingerprint density at radius 1 is 1.11 bits per heavy atom. The van der Waals surface area contributed by atoms with Gasteiger partial charge in [-0.15, -0.1) is 0 Å². The highest BCUT2D eigenvalue weighted by Crippen LogP contribution is 2.41. The Morgan fingerprint density at radius 3 is 2.05 bits per heavy atom. The molecule has 0 unspecified atom stereocenters. The molecule has 0 aliphatic heterocycles. The van der Waals surface area contributed by atoms with Gasteiger partial charge in [0, 0.05) is 12.5 Å². The molecule has 0 bridgehead atoms. The van der Waals surface area contributed by atoms with Crippen molar-refractivity contribution in [3.8, 4) is 11.5 Å². The van der Waals surface area contributed by atoms with Crippen molar-refractivity contribution in [2.75, 3.05) is 14.2 Å². The Kier molecular flexibility index (Phi) is 4.40. The second-order valence-electron chi connectivity index (χ2n) is 5.43. The van der Waals surface area contributed by atoms with E-state index in [2.05, 4.69) is 0 Å². The molecule has 108 valence electrons. The zero-order valence-electron chi connectivity index (χ0n) is 12.0. The van der Waals surface area contributed by atoms with Crippen molar-refractivity contribution >= 4 is 0 Å². The molecule has 0 aliphatic rings. The van der Waals surface area contributed by atoms with Gasteiger partial charge in [0.25, 0.3) is 5.92 Å². The second-order valence-corrected chi connectivity index (χ2v) is 5.43. The van der Waals surface area contributed by atoms with E-state index in [1.165, 1.54) is 20.3 Å². The zero-order valence-corrected chi connectivity index (χ0v) is 12.0. The summed E-state index contributed by atoms with van der Waals surface area (Å²) >= 11 is 0. The van der Waals surface area contributed by atoms with E-state index >= 15 is 0 Å². The summed E-state index contributed by atoms with van der Waals surface area (Å²) in [6.45, 7) is 4.52. The third-order valence-corrected chi connectivity index (χ3v) is 2.67. The summed E-state index contributed by atoms with van der Waals surface area (Å²) in [5, 5.41) is 0. The summed E-state index contributed by atoms with van der Waals surface area (Å²) in [7, 11) is 2.77. The number of benzene rings is 1. The average Bonchev–Trinajstić information content (AvgIpc) is 2.24. The third-order valence-electron chi connectivity index (χ3n) is 2.67. The van der Waals surface area contributed by atoms with Crippen molar-refractivity contribution in [1.82, 2.24) is 0 Å². The van der Waals surface area contributed by atoms with E-state index in [4.69, 9.17) is 15.2 Å². The van der Waals surface area contributed by atoms with Crippen molar-refractivity contribution in [3.05, 3.63) is 23.3 Å². The minimum absolute atomic E-state index is 0.0635. The monoisotopic (exact) mass is 273 g/mol. The maximum absolute atomic E-state index is 13.7. The lowest BCUT2D eigenvalue weighted by Gasteiger charge is -2.22. The summed E-state index contributed by atoms with van der Waals surface area (Å²) in [5.41, 5.74) is 5.95. The van der Waals surface area contributed by atoms with Crippen molar-refractivity contribution in [3.63, 3.8) is 0 Å². The predicted octanol–water partition coefficient (Wildman–Crippen LogP) is 3.10. The molecule has 1 aromatic rings. The molecule has 0 radical (unpaired) electrons. The highest BCUT2D eigenvalue weighted by atomic mass is 19.3. The quantitative estimate of drug-likeness (QED) is 0.896. The molecule has 3 nitrogen and oxygen atoms in total. The van der Waals surface area contributed by atoms with Gasteiger partial charge in [-0.3, -0.25) is 0 Å². The fourth-order valence-electron chi connectivity index (χ4n) is 1.98. The lowest BCUT2D eigenvalue weighted by molar-refractivity contribution is 0.0146. The van der Waals surface area contributed by atoms with E-state index in [0.29, 0.717) is 17.7 Å². The van der Waals surface area contributed by atoms with Crippen molar-refractivity contribution in [1.29, 1.82) is 0 Å². The molecule has 0 saturated carbocycles. The molecule has 5 heteroatoms. The van der Waals surface area contributed by atoms with Gasteiger partial charge in [-0.05, 0) is 38.0 Å². The maximum atomic E-state index is 13.7. The predicted molar refractivity (Wildman–Crippen MR) is 71.1 cm³/mol. The first-order valence-electron chi connectivity index (χ1n) is 6.00. The number of hydrogen-bond donors (Lipinski definition) is 1. The number of alkyl halides is 2. The highest BCUT2D eigenvalue weighted by molar-refractivity contribution is 5.51. The van der Waals surface area contributed by atoms with Crippen LogP contribution in [0.5, 0.6) is 11.5 Å². The zero-order chi connectivity index (χ0) is 14.8. The third kappa shape index (κ3) is 4.06. The molecule has 1 rings (SSSR count). The first-order valence-corrected chi connectivity index (χ1v) is 6.00. The summed E-state index contributed by atoms with van der Waals surface area (Å²) < 4.78 is 37.5. The first-order chi connectivity index (χ1) is 8.58. The van der Waals surface area contributed by atoms with Crippen molar-refractivity contribution in [2.45, 2.75) is 38.7 Å². The lowest BCUT2D eigenvalue weighted by Crippen LogP contribution is -2.34. The fourth-order valence-corrected chi connectivity index (χ4v) is 1.98. The molecule has 0 amide bonds. The van der Waals surface area contributed by atoms with Gasteiger partial charge in [0.15, 0.2) is 11.5 Å². The SMILES string of the molecule is COc1cc(CC(C)(C)N)cc(C(C)(F)F)c1OC. The summed E-state index contributed by atoms with van der Waals surface area (Å²) in [5.74, 6) is -2.65. The fraction of sp³-hybridized carbons (Fsp3) is 0.571. The molecular weight excluding hydrogens is 252 g/mol. The maximum Gasteiger partial charge on any atom is 0.274 e. The Hall–Kier alpha value is -1.36. The van der Waals surface area contributed by atoms with Crippen LogP contribution in [0.2, 0.25) is 0 Å². The lowest BCUT2D eigenvalue weighted by atomic mass is 9.93. The van der Waals surface area contributed by atoms with Crippen LogP contribution in [0, 0.1) is 0 Å². The molecule has 0 heterocycles. The number of halogens is 2. The summed E-state index contributed by atoms with van der Waals surface area (Å²) in [6, 6.07) is 3.11. The second kappa shape index (κ2) is 5.33. The Labute approximate surface area is 112 Å². The molecule has 0 atom stereocenters. The van der Waals surface area contributed by atoms with Gasteiger partial charge in [-0.2, -0.15) is 0 Å². The van der Waals surface area contributed by atoms with E-state index in [1.807, 2.05) is 13.8 Å². The highest BCUT2D eigenvalue weighted by Gasteiger charge is 2.31. The number of methoxy groups -OCH3 is 2. The molecule has 1 aromatic carbocycles. The van der Waals surface area contributed by atoms with Gasteiger partial charge in [-0.25, -0.2) is 8.78 Å². The Balaban J connectivity index is 3.39. The molecule has 0 spiro atoms. The van der Waals surface area contributed by atoms with Gasteiger partial charge in [0.05, 0.1) is 19.8 Å². The topological polar surface area (TPSA) is 44.5 Å². The summed E-state index contributed by atoms with van der Waals surface area (Å²) in [4.78, 5) is 0. The van der Waals surface area contributed by atoms with Crippen LogP contribution in [0.1, 0.15) is 31.9 Å². The van der Waals surface area contributed by atoms with Crippen LogP contribution in [0.25, 0.3) is 0 Å². The van der Waals surface area contributed by atoms with Gasteiger partial charge in [0.1, 0.15) is 0 Å². The molecule has 0 aromatic heterocycles. The van der Waals surface area contributed by atoms with Crippen LogP contribution < -0.4 is 15.2 Å². The molecule has 0 saturated heterocycles. The van der Waals surface area contributed by atoms with Gasteiger partial charge in [-0.1, -0.05) is 0 Å². The van der Waals surface area contributed by atoms with Crippen LogP contribution in [-0.4, -0.2) is 19.8 Å². The number of rotatable bonds is 5. The molecule has 0 aliphatic carbocycles. The number of hydrogen-bond acceptors (Lipinski definition) is 3. The van der Waals surface area contributed by atoms with Crippen LogP contribution in [0.4, 0.5) is 8.78 Å². The van der Waals surface area contributed by atoms with E-state index in [-0.39, 0.29) is 11.3 Å². The van der Waals surface area contributed by atoms with Crippen LogP contribution >= 0.6 is 0 Å². The minimum atomic E-state index is -3.01. The first kappa shape index (κ1) is 15.7. The molecular formula is C14H21F2NO2. The van der Waals surface area contributed by atoms with Gasteiger partial charge in [0.2, 0.25) is 0 Å².